The molecule has 0 spiro atoms. The Hall–Kier alpha value is -2.76. The summed E-state index contributed by atoms with van der Waals surface area (Å²) in [6.45, 7) is 3.94. The number of H-pyrrole nitrogens is 1. The van der Waals surface area contributed by atoms with E-state index in [1.807, 2.05) is 42.2 Å². The number of aromatic nitrogens is 1. The summed E-state index contributed by atoms with van der Waals surface area (Å²) in [6.07, 6.45) is 5.15. The number of hydrogen-bond donors (Lipinski definition) is 2. The average Bonchev–Trinajstić information content (AvgIpc) is 3.16. The first kappa shape index (κ1) is 20.0. The molecule has 150 valence electrons. The first-order valence-electron chi connectivity index (χ1n) is 9.89. The number of carbonyl (C=O) groups excluding carboxylic acids is 2. The van der Waals surface area contributed by atoms with Gasteiger partial charge in [-0.05, 0) is 55.9 Å². The second kappa shape index (κ2) is 9.44. The lowest BCUT2D eigenvalue weighted by Gasteiger charge is -2.32. The van der Waals surface area contributed by atoms with Gasteiger partial charge in [-0.25, -0.2) is 0 Å². The van der Waals surface area contributed by atoms with E-state index in [4.69, 9.17) is 4.74 Å². The van der Waals surface area contributed by atoms with E-state index in [9.17, 15) is 9.59 Å². The second-order valence-electron chi connectivity index (χ2n) is 7.44. The Morgan fingerprint density at radius 1 is 1.32 bits per heavy atom. The first-order valence-corrected chi connectivity index (χ1v) is 9.89. The van der Waals surface area contributed by atoms with Crippen LogP contribution >= 0.6 is 0 Å². The third kappa shape index (κ3) is 5.15. The molecule has 0 saturated carbocycles. The maximum absolute atomic E-state index is 12.7. The summed E-state index contributed by atoms with van der Waals surface area (Å²) in [5.41, 5.74) is 2.67. The van der Waals surface area contributed by atoms with Gasteiger partial charge in [-0.1, -0.05) is 12.1 Å². The zero-order chi connectivity index (χ0) is 19.9. The van der Waals surface area contributed by atoms with Crippen LogP contribution in [0, 0.1) is 12.8 Å². The summed E-state index contributed by atoms with van der Waals surface area (Å²) in [7, 11) is 1.63. The van der Waals surface area contributed by atoms with E-state index in [1.54, 1.807) is 13.3 Å². The van der Waals surface area contributed by atoms with Gasteiger partial charge in [0, 0.05) is 37.9 Å². The zero-order valence-electron chi connectivity index (χ0n) is 16.7. The number of benzene rings is 1. The van der Waals surface area contributed by atoms with Gasteiger partial charge in [-0.2, -0.15) is 0 Å². The van der Waals surface area contributed by atoms with Crippen molar-refractivity contribution in [1.82, 2.24) is 15.2 Å². The van der Waals surface area contributed by atoms with Crippen LogP contribution in [-0.4, -0.2) is 41.9 Å². The van der Waals surface area contributed by atoms with Crippen molar-refractivity contribution in [3.8, 4) is 5.75 Å². The van der Waals surface area contributed by atoms with Gasteiger partial charge in [-0.3, -0.25) is 9.59 Å². The number of ether oxygens (including phenoxy) is 1. The highest BCUT2D eigenvalue weighted by Crippen LogP contribution is 2.23. The molecule has 1 aromatic carbocycles. The number of piperidine rings is 1. The van der Waals surface area contributed by atoms with Crippen molar-refractivity contribution in [1.29, 1.82) is 0 Å². The molecule has 2 aromatic rings. The number of aryl methyl sites for hydroxylation is 1. The number of methoxy groups -OCH3 is 1. The predicted octanol–water partition coefficient (Wildman–Crippen LogP) is 3.28. The van der Waals surface area contributed by atoms with E-state index in [-0.39, 0.29) is 11.8 Å². The fourth-order valence-electron chi connectivity index (χ4n) is 3.75. The third-order valence-corrected chi connectivity index (χ3v) is 5.39. The van der Waals surface area contributed by atoms with Crippen LogP contribution in [0.15, 0.2) is 36.5 Å². The molecule has 28 heavy (non-hydrogen) atoms. The number of nitrogens with zero attached hydrogens (tertiary/aromatic N) is 1. The normalized spacial score (nSPS) is 16.6. The summed E-state index contributed by atoms with van der Waals surface area (Å²) in [6, 6.07) is 9.54. The lowest BCUT2D eigenvalue weighted by atomic mass is 9.93. The molecule has 2 N–H and O–H groups in total. The van der Waals surface area contributed by atoms with Gasteiger partial charge in [0.1, 0.15) is 5.75 Å². The molecule has 2 amide bonds. The molecule has 6 heteroatoms. The van der Waals surface area contributed by atoms with Gasteiger partial charge in [0.15, 0.2) is 0 Å². The van der Waals surface area contributed by atoms with Crippen LogP contribution in [0.2, 0.25) is 0 Å². The summed E-state index contributed by atoms with van der Waals surface area (Å²) < 4.78 is 5.21. The first-order chi connectivity index (χ1) is 13.6. The van der Waals surface area contributed by atoms with Crippen LogP contribution in [-0.2, 0) is 11.3 Å². The molecule has 3 rings (SSSR count). The topological polar surface area (TPSA) is 74.4 Å². The Kier molecular flexibility index (Phi) is 6.74. The molecule has 6 nitrogen and oxygen atoms in total. The van der Waals surface area contributed by atoms with Crippen LogP contribution in [0.1, 0.15) is 47.3 Å². The van der Waals surface area contributed by atoms with Crippen molar-refractivity contribution in [2.24, 2.45) is 5.92 Å². The molecular formula is C22H29N3O3. The van der Waals surface area contributed by atoms with Gasteiger partial charge in [0.2, 0.25) is 5.91 Å². The molecule has 1 saturated heterocycles. The number of carbonyl (C=O) groups is 2. The molecule has 0 radical (unpaired) electrons. The number of nitrogens with one attached hydrogen (secondary N) is 2. The average molecular weight is 383 g/mol. The van der Waals surface area contributed by atoms with E-state index < -0.39 is 0 Å². The van der Waals surface area contributed by atoms with Crippen molar-refractivity contribution in [2.45, 2.75) is 39.2 Å². The van der Waals surface area contributed by atoms with Gasteiger partial charge < -0.3 is 19.9 Å². The molecule has 1 fully saturated rings. The maximum Gasteiger partial charge on any atom is 0.255 e. The second-order valence-corrected chi connectivity index (χ2v) is 7.44. The zero-order valence-corrected chi connectivity index (χ0v) is 16.7. The van der Waals surface area contributed by atoms with Gasteiger partial charge in [0.05, 0.1) is 12.7 Å². The Labute approximate surface area is 166 Å². The van der Waals surface area contributed by atoms with Crippen molar-refractivity contribution < 1.29 is 14.3 Å². The molecule has 1 aliphatic rings. The summed E-state index contributed by atoms with van der Waals surface area (Å²) in [5, 5.41) is 2.97. The molecule has 0 aliphatic carbocycles. The highest BCUT2D eigenvalue weighted by Gasteiger charge is 2.25. The van der Waals surface area contributed by atoms with E-state index in [1.165, 1.54) is 0 Å². The van der Waals surface area contributed by atoms with Gasteiger partial charge in [0.25, 0.3) is 5.91 Å². The number of aromatic amines is 1. The van der Waals surface area contributed by atoms with Crippen molar-refractivity contribution in [2.75, 3.05) is 20.2 Å². The fourth-order valence-corrected chi connectivity index (χ4v) is 3.75. The minimum absolute atomic E-state index is 0.0488. The lowest BCUT2D eigenvalue weighted by molar-refractivity contribution is -0.121. The molecule has 0 unspecified atom stereocenters. The molecule has 1 atom stereocenters. The number of hydrogen-bond acceptors (Lipinski definition) is 3. The summed E-state index contributed by atoms with van der Waals surface area (Å²) in [4.78, 5) is 29.9. The highest BCUT2D eigenvalue weighted by molar-refractivity contribution is 5.95. The van der Waals surface area contributed by atoms with E-state index in [2.05, 4.69) is 10.3 Å². The van der Waals surface area contributed by atoms with Crippen LogP contribution < -0.4 is 10.1 Å². The van der Waals surface area contributed by atoms with Crippen molar-refractivity contribution in [3.05, 3.63) is 53.3 Å². The molecule has 2 heterocycles. The Balaban J connectivity index is 1.44. The van der Waals surface area contributed by atoms with E-state index in [0.29, 0.717) is 18.9 Å². The van der Waals surface area contributed by atoms with Gasteiger partial charge >= 0.3 is 0 Å². The van der Waals surface area contributed by atoms with E-state index in [0.717, 1.165) is 54.9 Å². The van der Waals surface area contributed by atoms with Gasteiger partial charge in [-0.15, -0.1) is 0 Å². The van der Waals surface area contributed by atoms with E-state index >= 15 is 0 Å². The Morgan fingerprint density at radius 3 is 2.93 bits per heavy atom. The summed E-state index contributed by atoms with van der Waals surface area (Å²) in [5.74, 6) is 1.30. The predicted molar refractivity (Wildman–Crippen MR) is 108 cm³/mol. The Bertz CT molecular complexity index is 815. The minimum atomic E-state index is 0.0488. The van der Waals surface area contributed by atoms with Crippen LogP contribution in [0.4, 0.5) is 0 Å². The van der Waals surface area contributed by atoms with Crippen LogP contribution in [0.3, 0.4) is 0 Å². The highest BCUT2D eigenvalue weighted by atomic mass is 16.5. The summed E-state index contributed by atoms with van der Waals surface area (Å²) >= 11 is 0. The number of rotatable bonds is 7. The molecule has 0 bridgehead atoms. The largest absolute Gasteiger partial charge is 0.497 e. The maximum atomic E-state index is 12.7. The van der Waals surface area contributed by atoms with Crippen molar-refractivity contribution >= 4 is 11.8 Å². The minimum Gasteiger partial charge on any atom is -0.497 e. The lowest BCUT2D eigenvalue weighted by Crippen LogP contribution is -2.40. The smallest absolute Gasteiger partial charge is 0.255 e. The van der Waals surface area contributed by atoms with Crippen molar-refractivity contribution in [3.63, 3.8) is 0 Å². The molecule has 1 aliphatic heterocycles. The van der Waals surface area contributed by atoms with Crippen LogP contribution in [0.5, 0.6) is 5.75 Å². The Morgan fingerprint density at radius 2 is 2.18 bits per heavy atom. The molecular weight excluding hydrogens is 354 g/mol. The molecule has 1 aromatic heterocycles. The quantitative estimate of drug-likeness (QED) is 0.770. The monoisotopic (exact) mass is 383 g/mol. The standard InChI is InChI=1S/C22H29N3O3/c1-16-20(10-11-23-16)22(27)25-12-4-6-17(15-25)8-9-21(26)24-14-18-5-3-7-19(13-18)28-2/h3,5,7,10-11,13,17,23H,4,6,8-9,12,14-15H2,1-2H3,(H,24,26)/t17-/m0/s1. The van der Waals surface area contributed by atoms with Crippen LogP contribution in [0.25, 0.3) is 0 Å². The number of amides is 2. The number of likely N-dealkylation sites (tertiary alicyclic amines) is 1. The fraction of sp³-hybridized carbons (Fsp3) is 0.455. The third-order valence-electron chi connectivity index (χ3n) is 5.39. The SMILES string of the molecule is COc1cccc(CNC(=O)CC[C@@H]2CCCN(C(=O)c3cc[nH]c3C)C2)c1.